The van der Waals surface area contributed by atoms with Gasteiger partial charge in [-0.2, -0.15) is 0 Å². The number of fused-ring (bicyclic) bond motifs is 1. The van der Waals surface area contributed by atoms with E-state index in [9.17, 15) is 14.0 Å². The molecule has 0 spiro atoms. The van der Waals surface area contributed by atoms with Crippen LogP contribution in [0.5, 0.6) is 0 Å². The zero-order valence-electron chi connectivity index (χ0n) is 18.1. The molecule has 1 N–H and O–H groups in total. The van der Waals surface area contributed by atoms with Crippen molar-refractivity contribution >= 4 is 28.5 Å². The molecule has 4 aromatic rings. The molecule has 0 atom stereocenters. The number of nitrogens with one attached hydrogen (secondary N) is 1. The van der Waals surface area contributed by atoms with Gasteiger partial charge in [0.15, 0.2) is 0 Å². The van der Waals surface area contributed by atoms with Crippen molar-refractivity contribution in [3.05, 3.63) is 89.5 Å². The molecule has 0 fully saturated rings. The highest BCUT2D eigenvalue weighted by Crippen LogP contribution is 2.23. The summed E-state index contributed by atoms with van der Waals surface area (Å²) in [6.07, 6.45) is 0. The maximum atomic E-state index is 13.3. The normalized spacial score (nSPS) is 10.9. The van der Waals surface area contributed by atoms with Gasteiger partial charge in [-0.05, 0) is 80.6 Å². The summed E-state index contributed by atoms with van der Waals surface area (Å²) in [5.41, 5.74) is 3.88. The molecule has 0 aliphatic heterocycles. The number of halogens is 1. The molecule has 1 aromatic heterocycles. The molecule has 0 bridgehead atoms. The van der Waals surface area contributed by atoms with Crippen LogP contribution in [0.1, 0.15) is 33.5 Å². The Balaban J connectivity index is 1.60. The molecule has 0 unspecified atom stereocenters. The van der Waals surface area contributed by atoms with Gasteiger partial charge in [-0.1, -0.05) is 0 Å². The number of hydrogen-bond acceptors (Lipinski definition) is 3. The third kappa shape index (κ3) is 4.09. The second-order valence-corrected chi connectivity index (χ2v) is 7.53. The molecule has 4 rings (SSSR count). The third-order valence-corrected chi connectivity index (χ3v) is 5.38. The number of benzene rings is 3. The first-order valence-corrected chi connectivity index (χ1v) is 10.3. The van der Waals surface area contributed by atoms with Crippen molar-refractivity contribution in [3.63, 3.8) is 0 Å². The first kappa shape index (κ1) is 21.2. The summed E-state index contributed by atoms with van der Waals surface area (Å²) in [6, 6.07) is 18.2. The number of imidazole rings is 1. The molecule has 0 aliphatic carbocycles. The van der Waals surface area contributed by atoms with Gasteiger partial charge in [-0.25, -0.2) is 9.37 Å². The second kappa shape index (κ2) is 8.63. The average molecular weight is 430 g/mol. The molecule has 6 nitrogen and oxygen atoms in total. The van der Waals surface area contributed by atoms with Crippen molar-refractivity contribution < 1.29 is 14.0 Å². The Labute approximate surface area is 185 Å². The van der Waals surface area contributed by atoms with E-state index in [1.807, 2.05) is 18.4 Å². The van der Waals surface area contributed by atoms with E-state index in [1.165, 1.54) is 12.1 Å². The standard InChI is InChI=1S/C25H23FN4O2/c1-4-29(3)25(32)17-5-10-20(11-6-17)28-24(31)18-7-14-22-23(15-18)30(16(2)27-22)21-12-8-19(26)9-13-21/h5-15H,4H2,1-3H3,(H,28,31). The Morgan fingerprint density at radius 2 is 1.66 bits per heavy atom. The van der Waals surface area contributed by atoms with Crippen molar-refractivity contribution in [3.8, 4) is 5.69 Å². The third-order valence-electron chi connectivity index (χ3n) is 5.38. The highest BCUT2D eigenvalue weighted by molar-refractivity contribution is 6.06. The maximum Gasteiger partial charge on any atom is 0.255 e. The molecule has 162 valence electrons. The largest absolute Gasteiger partial charge is 0.342 e. The Bertz CT molecular complexity index is 1290. The van der Waals surface area contributed by atoms with E-state index in [1.54, 1.807) is 66.5 Å². The second-order valence-electron chi connectivity index (χ2n) is 7.53. The first-order chi connectivity index (χ1) is 15.4. The van der Waals surface area contributed by atoms with Gasteiger partial charge in [0.25, 0.3) is 11.8 Å². The van der Waals surface area contributed by atoms with Gasteiger partial charge in [0.2, 0.25) is 0 Å². The number of carbonyl (C=O) groups excluding carboxylic acids is 2. The zero-order chi connectivity index (χ0) is 22.8. The van der Waals surface area contributed by atoms with E-state index in [-0.39, 0.29) is 17.6 Å². The number of amides is 2. The minimum atomic E-state index is -0.315. The summed E-state index contributed by atoms with van der Waals surface area (Å²) in [7, 11) is 1.74. The van der Waals surface area contributed by atoms with Crippen molar-refractivity contribution in [2.75, 3.05) is 18.9 Å². The van der Waals surface area contributed by atoms with Crippen molar-refractivity contribution in [1.29, 1.82) is 0 Å². The SMILES string of the molecule is CCN(C)C(=O)c1ccc(NC(=O)c2ccc3nc(C)n(-c4ccc(F)cc4)c3c2)cc1. The smallest absolute Gasteiger partial charge is 0.255 e. The quantitative estimate of drug-likeness (QED) is 0.494. The van der Waals surface area contributed by atoms with Crippen molar-refractivity contribution in [2.45, 2.75) is 13.8 Å². The van der Waals surface area contributed by atoms with E-state index < -0.39 is 0 Å². The highest BCUT2D eigenvalue weighted by Gasteiger charge is 2.14. The summed E-state index contributed by atoms with van der Waals surface area (Å²) in [4.78, 5) is 31.3. The van der Waals surface area contributed by atoms with E-state index in [0.29, 0.717) is 23.4 Å². The van der Waals surface area contributed by atoms with Gasteiger partial charge in [0, 0.05) is 36.1 Å². The summed E-state index contributed by atoms with van der Waals surface area (Å²) < 4.78 is 15.2. The van der Waals surface area contributed by atoms with E-state index in [0.717, 1.165) is 22.5 Å². The van der Waals surface area contributed by atoms with Crippen molar-refractivity contribution in [1.82, 2.24) is 14.5 Å². The molecule has 0 radical (unpaired) electrons. The number of hydrogen-bond donors (Lipinski definition) is 1. The molecule has 3 aromatic carbocycles. The predicted molar refractivity (Wildman–Crippen MR) is 123 cm³/mol. The van der Waals surface area contributed by atoms with Gasteiger partial charge < -0.3 is 10.2 Å². The Morgan fingerprint density at radius 1 is 1.00 bits per heavy atom. The summed E-state index contributed by atoms with van der Waals surface area (Å²) in [5.74, 6) is 0.0767. The van der Waals surface area contributed by atoms with Crippen LogP contribution in [-0.4, -0.2) is 39.9 Å². The molecular formula is C25H23FN4O2. The molecular weight excluding hydrogens is 407 g/mol. The number of aryl methyl sites for hydroxylation is 1. The van der Waals surface area contributed by atoms with Crippen LogP contribution >= 0.6 is 0 Å². The van der Waals surface area contributed by atoms with Gasteiger partial charge >= 0.3 is 0 Å². The predicted octanol–water partition coefficient (Wildman–Crippen LogP) is 4.82. The summed E-state index contributed by atoms with van der Waals surface area (Å²) in [5, 5.41) is 2.86. The summed E-state index contributed by atoms with van der Waals surface area (Å²) in [6.45, 7) is 4.39. The first-order valence-electron chi connectivity index (χ1n) is 10.3. The van der Waals surface area contributed by atoms with Gasteiger partial charge in [0.1, 0.15) is 11.6 Å². The summed E-state index contributed by atoms with van der Waals surface area (Å²) >= 11 is 0. The molecule has 7 heteroatoms. The van der Waals surface area contributed by atoms with Gasteiger partial charge in [-0.3, -0.25) is 14.2 Å². The minimum absolute atomic E-state index is 0.0692. The fourth-order valence-corrected chi connectivity index (χ4v) is 3.52. The monoisotopic (exact) mass is 430 g/mol. The van der Waals surface area contributed by atoms with Crippen LogP contribution in [-0.2, 0) is 0 Å². The van der Waals surface area contributed by atoms with Gasteiger partial charge in [-0.15, -0.1) is 0 Å². The average Bonchev–Trinajstić information content (AvgIpc) is 3.14. The molecule has 32 heavy (non-hydrogen) atoms. The molecule has 2 amide bonds. The zero-order valence-corrected chi connectivity index (χ0v) is 18.1. The van der Waals surface area contributed by atoms with Gasteiger partial charge in [0.05, 0.1) is 11.0 Å². The van der Waals surface area contributed by atoms with E-state index in [2.05, 4.69) is 10.3 Å². The number of aromatic nitrogens is 2. The number of anilines is 1. The van der Waals surface area contributed by atoms with Crippen LogP contribution < -0.4 is 5.32 Å². The lowest BCUT2D eigenvalue weighted by atomic mass is 10.1. The van der Waals surface area contributed by atoms with E-state index >= 15 is 0 Å². The lowest BCUT2D eigenvalue weighted by Crippen LogP contribution is -2.26. The fraction of sp³-hybridized carbons (Fsp3) is 0.160. The van der Waals surface area contributed by atoms with Crippen LogP contribution in [0, 0.1) is 12.7 Å². The molecule has 0 aliphatic rings. The van der Waals surface area contributed by atoms with Crippen molar-refractivity contribution in [2.24, 2.45) is 0 Å². The fourth-order valence-electron chi connectivity index (χ4n) is 3.52. The Hall–Kier alpha value is -4.00. The van der Waals surface area contributed by atoms with Crippen LogP contribution in [0.4, 0.5) is 10.1 Å². The van der Waals surface area contributed by atoms with Crippen LogP contribution in [0.15, 0.2) is 66.7 Å². The van der Waals surface area contributed by atoms with Crippen LogP contribution in [0.25, 0.3) is 16.7 Å². The molecule has 0 saturated carbocycles. The number of nitrogens with zero attached hydrogens (tertiary/aromatic N) is 3. The lowest BCUT2D eigenvalue weighted by Gasteiger charge is -2.14. The maximum absolute atomic E-state index is 13.3. The number of carbonyl (C=O) groups is 2. The number of rotatable bonds is 5. The van der Waals surface area contributed by atoms with Crippen LogP contribution in [0.2, 0.25) is 0 Å². The Morgan fingerprint density at radius 3 is 2.31 bits per heavy atom. The minimum Gasteiger partial charge on any atom is -0.342 e. The van der Waals surface area contributed by atoms with Crippen LogP contribution in [0.3, 0.4) is 0 Å². The van der Waals surface area contributed by atoms with E-state index in [4.69, 9.17) is 0 Å². The lowest BCUT2D eigenvalue weighted by molar-refractivity contribution is 0.0802. The Kier molecular flexibility index (Phi) is 5.73. The molecule has 1 heterocycles. The topological polar surface area (TPSA) is 67.2 Å². The molecule has 0 saturated heterocycles. The highest BCUT2D eigenvalue weighted by atomic mass is 19.1.